The van der Waals surface area contributed by atoms with Gasteiger partial charge in [-0.2, -0.15) is 0 Å². The molecule has 0 atom stereocenters. The van der Waals surface area contributed by atoms with Gasteiger partial charge in [0.2, 0.25) is 5.91 Å². The van der Waals surface area contributed by atoms with Gasteiger partial charge in [-0.3, -0.25) is 4.79 Å². The first-order valence-corrected chi connectivity index (χ1v) is 7.76. The number of allylic oxidation sites excluding steroid dienone is 3. The van der Waals surface area contributed by atoms with Crippen molar-refractivity contribution < 1.29 is 14.3 Å². The maximum Gasteiger partial charge on any atom is 0.348 e. The maximum absolute atomic E-state index is 11.7. The van der Waals surface area contributed by atoms with Crippen LogP contribution in [0.2, 0.25) is 0 Å². The number of esters is 1. The molecule has 22 heavy (non-hydrogen) atoms. The molecule has 4 nitrogen and oxygen atoms in total. The molecule has 1 N–H and O–H groups in total. The van der Waals surface area contributed by atoms with Gasteiger partial charge in [-0.1, -0.05) is 18.2 Å². The lowest BCUT2D eigenvalue weighted by Crippen LogP contribution is -2.07. The Morgan fingerprint density at radius 3 is 2.82 bits per heavy atom. The van der Waals surface area contributed by atoms with Crippen molar-refractivity contribution in [2.24, 2.45) is 0 Å². The second kappa shape index (κ2) is 7.56. The fourth-order valence-electron chi connectivity index (χ4n) is 1.86. The molecule has 1 heterocycles. The average Bonchev–Trinajstić information content (AvgIpc) is 2.91. The SMILES string of the molecule is CC=CC=CC(=O)Nc1ccc2sc(C(=O)OCC)cc2c1. The molecule has 0 spiro atoms. The van der Waals surface area contributed by atoms with E-state index in [0.717, 1.165) is 10.1 Å². The van der Waals surface area contributed by atoms with Gasteiger partial charge in [-0.05, 0) is 43.5 Å². The first-order valence-electron chi connectivity index (χ1n) is 6.95. The van der Waals surface area contributed by atoms with Gasteiger partial charge in [-0.15, -0.1) is 11.3 Å². The van der Waals surface area contributed by atoms with Gasteiger partial charge >= 0.3 is 5.97 Å². The largest absolute Gasteiger partial charge is 0.462 e. The van der Waals surface area contributed by atoms with Crippen LogP contribution in [0.4, 0.5) is 5.69 Å². The van der Waals surface area contributed by atoms with Gasteiger partial charge in [0.05, 0.1) is 6.61 Å². The molecule has 0 bridgehead atoms. The highest BCUT2D eigenvalue weighted by molar-refractivity contribution is 7.20. The number of rotatable bonds is 5. The number of fused-ring (bicyclic) bond motifs is 1. The molecule has 0 unspecified atom stereocenters. The molecule has 0 aliphatic heterocycles. The van der Waals surface area contributed by atoms with Crippen molar-refractivity contribution >= 4 is 39.0 Å². The van der Waals surface area contributed by atoms with Crippen molar-refractivity contribution in [3.05, 3.63) is 53.4 Å². The third-order valence-electron chi connectivity index (χ3n) is 2.81. The van der Waals surface area contributed by atoms with E-state index >= 15 is 0 Å². The van der Waals surface area contributed by atoms with Crippen LogP contribution in [0.25, 0.3) is 10.1 Å². The zero-order valence-electron chi connectivity index (χ0n) is 12.5. The van der Waals surface area contributed by atoms with Crippen LogP contribution in [-0.2, 0) is 9.53 Å². The van der Waals surface area contributed by atoms with Crippen LogP contribution in [0.1, 0.15) is 23.5 Å². The van der Waals surface area contributed by atoms with E-state index in [9.17, 15) is 9.59 Å². The molecule has 1 aromatic heterocycles. The van der Waals surface area contributed by atoms with Gasteiger partial charge in [0.1, 0.15) is 4.88 Å². The minimum atomic E-state index is -0.316. The summed E-state index contributed by atoms with van der Waals surface area (Å²) in [4.78, 5) is 24.0. The second-order valence-corrected chi connectivity index (χ2v) is 5.54. The summed E-state index contributed by atoms with van der Waals surface area (Å²) in [5.41, 5.74) is 0.691. The van der Waals surface area contributed by atoms with Gasteiger partial charge in [0, 0.05) is 16.5 Å². The molecular weight excluding hydrogens is 298 g/mol. The Morgan fingerprint density at radius 2 is 2.09 bits per heavy atom. The summed E-state index contributed by atoms with van der Waals surface area (Å²) >= 11 is 1.38. The van der Waals surface area contributed by atoms with E-state index in [2.05, 4.69) is 5.32 Å². The summed E-state index contributed by atoms with van der Waals surface area (Å²) in [5, 5.41) is 3.69. The van der Waals surface area contributed by atoms with Crippen molar-refractivity contribution in [3.8, 4) is 0 Å². The quantitative estimate of drug-likeness (QED) is 0.512. The maximum atomic E-state index is 11.7. The van der Waals surface area contributed by atoms with Crippen LogP contribution in [0.3, 0.4) is 0 Å². The first kappa shape index (κ1) is 16.0. The number of carbonyl (C=O) groups is 2. The Morgan fingerprint density at radius 1 is 1.27 bits per heavy atom. The number of hydrogen-bond donors (Lipinski definition) is 1. The van der Waals surface area contributed by atoms with Crippen LogP contribution in [0, 0.1) is 0 Å². The van der Waals surface area contributed by atoms with Gasteiger partial charge < -0.3 is 10.1 Å². The van der Waals surface area contributed by atoms with Crippen molar-refractivity contribution in [1.29, 1.82) is 0 Å². The number of ether oxygens (including phenoxy) is 1. The zero-order chi connectivity index (χ0) is 15.9. The van der Waals surface area contributed by atoms with E-state index in [1.54, 1.807) is 25.1 Å². The molecule has 0 aliphatic rings. The molecule has 1 aromatic carbocycles. The highest BCUT2D eigenvalue weighted by Crippen LogP contribution is 2.28. The fourth-order valence-corrected chi connectivity index (χ4v) is 2.80. The molecule has 2 aromatic rings. The summed E-state index contributed by atoms with van der Waals surface area (Å²) in [7, 11) is 0. The number of anilines is 1. The number of benzene rings is 1. The predicted molar refractivity (Wildman–Crippen MR) is 90.4 cm³/mol. The lowest BCUT2D eigenvalue weighted by molar-refractivity contribution is -0.111. The summed E-state index contributed by atoms with van der Waals surface area (Å²) in [6.45, 7) is 4.01. The molecule has 114 valence electrons. The van der Waals surface area contributed by atoms with Crippen LogP contribution in [0.15, 0.2) is 48.6 Å². The molecule has 0 saturated heterocycles. The van der Waals surface area contributed by atoms with Gasteiger partial charge in [0.15, 0.2) is 0 Å². The average molecular weight is 315 g/mol. The molecule has 0 saturated carbocycles. The molecular formula is C17H17NO3S. The summed E-state index contributed by atoms with van der Waals surface area (Å²) in [5.74, 6) is -0.512. The minimum absolute atomic E-state index is 0.196. The van der Waals surface area contributed by atoms with Crippen molar-refractivity contribution in [2.75, 3.05) is 11.9 Å². The van der Waals surface area contributed by atoms with E-state index in [1.165, 1.54) is 17.4 Å². The number of nitrogens with one attached hydrogen (secondary N) is 1. The first-order chi connectivity index (χ1) is 10.6. The third-order valence-corrected chi connectivity index (χ3v) is 3.91. The third kappa shape index (κ3) is 4.05. The van der Waals surface area contributed by atoms with Crippen molar-refractivity contribution in [1.82, 2.24) is 0 Å². The van der Waals surface area contributed by atoms with Crippen LogP contribution in [0.5, 0.6) is 0 Å². The summed E-state index contributed by atoms with van der Waals surface area (Å²) in [6.07, 6.45) is 6.77. The Balaban J connectivity index is 2.16. The second-order valence-electron chi connectivity index (χ2n) is 4.46. The van der Waals surface area contributed by atoms with Crippen molar-refractivity contribution in [3.63, 3.8) is 0 Å². The van der Waals surface area contributed by atoms with Gasteiger partial charge in [-0.25, -0.2) is 4.79 Å². The van der Waals surface area contributed by atoms with Crippen molar-refractivity contribution in [2.45, 2.75) is 13.8 Å². The molecule has 1 amide bonds. The Kier molecular flexibility index (Phi) is 5.49. The molecule has 5 heteroatoms. The summed E-state index contributed by atoms with van der Waals surface area (Å²) in [6, 6.07) is 7.32. The van der Waals surface area contributed by atoms with E-state index in [0.29, 0.717) is 17.2 Å². The normalized spacial score (nSPS) is 11.4. The van der Waals surface area contributed by atoms with E-state index < -0.39 is 0 Å². The van der Waals surface area contributed by atoms with Crippen LogP contribution >= 0.6 is 11.3 Å². The highest BCUT2D eigenvalue weighted by atomic mass is 32.1. The number of thiophene rings is 1. The highest BCUT2D eigenvalue weighted by Gasteiger charge is 2.11. The van der Waals surface area contributed by atoms with E-state index in [-0.39, 0.29) is 11.9 Å². The smallest absolute Gasteiger partial charge is 0.348 e. The van der Waals surface area contributed by atoms with E-state index in [1.807, 2.05) is 31.2 Å². The Bertz CT molecular complexity index is 743. The molecule has 2 rings (SSSR count). The fraction of sp³-hybridized carbons (Fsp3) is 0.176. The Labute approximate surface area is 133 Å². The minimum Gasteiger partial charge on any atom is -0.462 e. The lowest BCUT2D eigenvalue weighted by Gasteiger charge is -2.01. The van der Waals surface area contributed by atoms with E-state index in [4.69, 9.17) is 4.74 Å². The number of carbonyl (C=O) groups excluding carboxylic acids is 2. The number of hydrogen-bond acceptors (Lipinski definition) is 4. The topological polar surface area (TPSA) is 55.4 Å². The monoisotopic (exact) mass is 315 g/mol. The summed E-state index contributed by atoms with van der Waals surface area (Å²) < 4.78 is 5.97. The standard InChI is InChI=1S/C17H17NO3S/c1-3-5-6-7-16(19)18-13-8-9-14-12(10-13)11-15(22-14)17(20)21-4-2/h3,5-11H,4H2,1-2H3,(H,18,19). The zero-order valence-corrected chi connectivity index (χ0v) is 13.3. The lowest BCUT2D eigenvalue weighted by atomic mass is 10.2. The predicted octanol–water partition coefficient (Wildman–Crippen LogP) is 4.15. The Hall–Kier alpha value is -2.40. The molecule has 0 fully saturated rings. The molecule has 0 radical (unpaired) electrons. The van der Waals surface area contributed by atoms with Crippen LogP contribution < -0.4 is 5.32 Å². The van der Waals surface area contributed by atoms with Crippen LogP contribution in [-0.4, -0.2) is 18.5 Å². The number of amides is 1. The van der Waals surface area contributed by atoms with Gasteiger partial charge in [0.25, 0.3) is 0 Å². The molecule has 0 aliphatic carbocycles.